The lowest BCUT2D eigenvalue weighted by Gasteiger charge is -2.09. The maximum Gasteiger partial charge on any atom is 0.181 e. The molecule has 0 spiro atoms. The number of rotatable bonds is 1. The van der Waals surface area contributed by atoms with Crippen molar-refractivity contribution in [2.24, 2.45) is 0 Å². The molecule has 0 aromatic carbocycles. The Kier molecular flexibility index (Phi) is 2.38. The van der Waals surface area contributed by atoms with E-state index in [4.69, 9.17) is 4.74 Å². The quantitative estimate of drug-likeness (QED) is 0.580. The Morgan fingerprint density at radius 2 is 2.47 bits per heavy atom. The number of alkyl halides is 1. The van der Waals surface area contributed by atoms with Crippen LogP contribution in [0.2, 0.25) is 0 Å². The lowest BCUT2D eigenvalue weighted by molar-refractivity contribution is 0.157. The molecule has 2 aliphatic heterocycles. The highest BCUT2D eigenvalue weighted by atomic mass is 127. The van der Waals surface area contributed by atoms with Crippen molar-refractivity contribution in [3.8, 4) is 0 Å². The van der Waals surface area contributed by atoms with E-state index in [9.17, 15) is 0 Å². The van der Waals surface area contributed by atoms with E-state index in [1.807, 2.05) is 4.68 Å². The van der Waals surface area contributed by atoms with E-state index in [2.05, 4.69) is 38.1 Å². The smallest absolute Gasteiger partial charge is 0.181 e. The molecule has 6 heteroatoms. The van der Waals surface area contributed by atoms with Crippen LogP contribution in [0.15, 0.2) is 5.76 Å². The summed E-state index contributed by atoms with van der Waals surface area (Å²) in [6.07, 6.45) is 3.34. The zero-order valence-corrected chi connectivity index (χ0v) is 10.3. The van der Waals surface area contributed by atoms with Crippen LogP contribution >= 0.6 is 22.6 Å². The third-order valence-electron chi connectivity index (χ3n) is 2.82. The Balaban J connectivity index is 2.00. The zero-order chi connectivity index (χ0) is 10.3. The second kappa shape index (κ2) is 3.73. The van der Waals surface area contributed by atoms with Crippen LogP contribution in [0.4, 0.5) is 0 Å². The predicted molar refractivity (Wildman–Crippen MR) is 62.3 cm³/mol. The largest absolute Gasteiger partial charge is 0.493 e. The number of hydrogen-bond donors (Lipinski definition) is 0. The molecule has 0 saturated carbocycles. The Morgan fingerprint density at radius 1 is 1.53 bits per heavy atom. The highest BCUT2D eigenvalue weighted by molar-refractivity contribution is 14.1. The molecule has 0 amide bonds. The van der Waals surface area contributed by atoms with E-state index in [0.29, 0.717) is 6.10 Å². The minimum Gasteiger partial charge on any atom is -0.493 e. The first kappa shape index (κ1) is 9.56. The fourth-order valence-electron chi connectivity index (χ4n) is 2.13. The first-order valence-corrected chi connectivity index (χ1v) is 6.62. The number of aryl methyl sites for hydroxylation is 1. The van der Waals surface area contributed by atoms with E-state index in [-0.39, 0.29) is 0 Å². The molecule has 3 rings (SSSR count). The van der Waals surface area contributed by atoms with Crippen molar-refractivity contribution in [3.05, 3.63) is 11.6 Å². The molecular weight excluding hydrogens is 307 g/mol. The molecule has 0 aliphatic carbocycles. The van der Waals surface area contributed by atoms with E-state index in [0.717, 1.165) is 41.8 Å². The van der Waals surface area contributed by atoms with E-state index >= 15 is 0 Å². The van der Waals surface area contributed by atoms with E-state index in [1.165, 1.54) is 5.57 Å². The van der Waals surface area contributed by atoms with Gasteiger partial charge in [0.15, 0.2) is 5.82 Å². The van der Waals surface area contributed by atoms with Crippen LogP contribution < -0.4 is 0 Å². The average molecular weight is 318 g/mol. The van der Waals surface area contributed by atoms with Crippen LogP contribution in [-0.2, 0) is 11.3 Å². The van der Waals surface area contributed by atoms with Gasteiger partial charge in [-0.2, -0.15) is 0 Å². The number of hydrogen-bond acceptors (Lipinski definition) is 4. The molecule has 0 radical (unpaired) electrons. The summed E-state index contributed by atoms with van der Waals surface area (Å²) in [6.45, 7) is 0.896. The summed E-state index contributed by atoms with van der Waals surface area (Å²) in [5.74, 6) is 2.03. The fraction of sp³-hybridized carbons (Fsp3) is 0.667. The average Bonchev–Trinajstić information content (AvgIpc) is 2.82. The number of nitrogens with zero attached hydrogens (tertiary/aromatic N) is 4. The molecule has 3 heterocycles. The van der Waals surface area contributed by atoms with Crippen molar-refractivity contribution in [3.63, 3.8) is 0 Å². The third kappa shape index (κ3) is 1.54. The molecule has 0 bridgehead atoms. The van der Waals surface area contributed by atoms with Gasteiger partial charge in [0.2, 0.25) is 0 Å². The molecule has 1 aromatic heterocycles. The fourth-order valence-corrected chi connectivity index (χ4v) is 2.62. The summed E-state index contributed by atoms with van der Waals surface area (Å²) in [5, 5.41) is 11.8. The summed E-state index contributed by atoms with van der Waals surface area (Å²) < 4.78 is 8.79. The molecule has 1 atom stereocenters. The van der Waals surface area contributed by atoms with Crippen LogP contribution in [0, 0.1) is 0 Å². The van der Waals surface area contributed by atoms with Gasteiger partial charge in [0.05, 0.1) is 0 Å². The molecule has 0 fully saturated rings. The summed E-state index contributed by atoms with van der Waals surface area (Å²) in [5.41, 5.74) is 1.22. The number of halogens is 1. The molecule has 5 nitrogen and oxygen atoms in total. The second-order valence-corrected chi connectivity index (χ2v) is 4.71. The Hall–Kier alpha value is -0.660. The zero-order valence-electron chi connectivity index (χ0n) is 8.19. The molecule has 0 saturated heterocycles. The normalized spacial score (nSPS) is 24.5. The minimum atomic E-state index is 0.318. The molecule has 80 valence electrons. The Morgan fingerprint density at radius 3 is 3.33 bits per heavy atom. The lowest BCUT2D eigenvalue weighted by atomic mass is 10.1. The maximum atomic E-state index is 5.88. The number of fused-ring (bicyclic) bond motifs is 2. The van der Waals surface area contributed by atoms with Gasteiger partial charge in [0, 0.05) is 29.4 Å². The van der Waals surface area contributed by atoms with Gasteiger partial charge in [-0.15, -0.1) is 5.10 Å². The third-order valence-corrected chi connectivity index (χ3v) is 3.81. The van der Waals surface area contributed by atoms with Crippen LogP contribution in [0.25, 0.3) is 5.57 Å². The van der Waals surface area contributed by atoms with Crippen molar-refractivity contribution < 1.29 is 4.74 Å². The summed E-state index contributed by atoms with van der Waals surface area (Å²) in [6, 6.07) is 0. The SMILES string of the molecule is ICC1CC2=C(CCCn3nnnc32)O1. The summed E-state index contributed by atoms with van der Waals surface area (Å²) in [7, 11) is 0. The van der Waals surface area contributed by atoms with Gasteiger partial charge in [0.25, 0.3) is 0 Å². The van der Waals surface area contributed by atoms with Gasteiger partial charge in [-0.05, 0) is 16.8 Å². The topological polar surface area (TPSA) is 52.8 Å². The van der Waals surface area contributed by atoms with Gasteiger partial charge < -0.3 is 4.74 Å². The van der Waals surface area contributed by atoms with Gasteiger partial charge in [-0.25, -0.2) is 4.68 Å². The molecule has 2 aliphatic rings. The van der Waals surface area contributed by atoms with Crippen LogP contribution in [0.5, 0.6) is 0 Å². The number of ether oxygens (including phenoxy) is 1. The van der Waals surface area contributed by atoms with Crippen molar-refractivity contribution >= 4 is 28.2 Å². The minimum absolute atomic E-state index is 0.318. The standard InChI is InChI=1S/C9H11IN4O/c10-5-6-4-7-8(15-6)2-1-3-14-9(7)11-12-13-14/h6H,1-5H2. The molecular formula is C9H11IN4O. The van der Waals surface area contributed by atoms with Crippen molar-refractivity contribution in [2.45, 2.75) is 31.9 Å². The van der Waals surface area contributed by atoms with Gasteiger partial charge in [-0.3, -0.25) is 0 Å². The summed E-state index contributed by atoms with van der Waals surface area (Å²) >= 11 is 2.36. The first-order chi connectivity index (χ1) is 7.38. The molecule has 1 unspecified atom stereocenters. The maximum absolute atomic E-state index is 5.88. The lowest BCUT2D eigenvalue weighted by Crippen LogP contribution is -2.09. The van der Waals surface area contributed by atoms with Gasteiger partial charge in [0.1, 0.15) is 11.9 Å². The van der Waals surface area contributed by atoms with Crippen molar-refractivity contribution in [1.82, 2.24) is 20.2 Å². The molecule has 1 aromatic rings. The van der Waals surface area contributed by atoms with Crippen LogP contribution in [0.1, 0.15) is 25.1 Å². The monoisotopic (exact) mass is 318 g/mol. The number of tetrazole rings is 1. The molecule has 15 heavy (non-hydrogen) atoms. The van der Waals surface area contributed by atoms with Crippen LogP contribution in [-0.4, -0.2) is 30.7 Å². The highest BCUT2D eigenvalue weighted by Gasteiger charge is 2.30. The Bertz CT molecular complexity index is 414. The predicted octanol–water partition coefficient (Wildman–Crippen LogP) is 1.40. The van der Waals surface area contributed by atoms with Gasteiger partial charge >= 0.3 is 0 Å². The van der Waals surface area contributed by atoms with E-state index in [1.54, 1.807) is 0 Å². The van der Waals surface area contributed by atoms with Crippen LogP contribution in [0.3, 0.4) is 0 Å². The van der Waals surface area contributed by atoms with Crippen molar-refractivity contribution in [2.75, 3.05) is 4.43 Å². The van der Waals surface area contributed by atoms with Gasteiger partial charge in [-0.1, -0.05) is 22.6 Å². The number of allylic oxidation sites excluding steroid dienone is 1. The Labute approximate surface area is 101 Å². The summed E-state index contributed by atoms with van der Waals surface area (Å²) in [4.78, 5) is 0. The highest BCUT2D eigenvalue weighted by Crippen LogP contribution is 2.36. The van der Waals surface area contributed by atoms with E-state index < -0.39 is 0 Å². The second-order valence-electron chi connectivity index (χ2n) is 3.83. The van der Waals surface area contributed by atoms with Crippen molar-refractivity contribution in [1.29, 1.82) is 0 Å². The first-order valence-electron chi connectivity index (χ1n) is 5.09. The number of aromatic nitrogens is 4. The molecule has 0 N–H and O–H groups in total.